The maximum absolute atomic E-state index is 5.88. The van der Waals surface area contributed by atoms with Gasteiger partial charge in [0.1, 0.15) is 0 Å². The van der Waals surface area contributed by atoms with Gasteiger partial charge in [-0.15, -0.1) is 0 Å². The second-order valence-corrected chi connectivity index (χ2v) is 9.96. The largest absolute Gasteiger partial charge is 0.413 e. The highest BCUT2D eigenvalue weighted by Gasteiger charge is 2.36. The summed E-state index contributed by atoms with van der Waals surface area (Å²) in [5, 5.41) is 0.326. The first-order valence-corrected chi connectivity index (χ1v) is 8.36. The Bertz CT molecular complexity index is 158. The molecule has 0 rings (SSSR count). The molecule has 0 atom stereocenters. The molecule has 0 aromatic rings. The minimum atomic E-state index is -1.50. The first-order chi connectivity index (χ1) is 5.31. The molecule has 72 valence electrons. The van der Waals surface area contributed by atoms with Gasteiger partial charge < -0.3 is 4.43 Å². The molecule has 0 heterocycles. The lowest BCUT2D eigenvalue weighted by atomic mass is 10.2. The molecule has 0 aliphatic rings. The molecular formula is C9H19IOSi. The van der Waals surface area contributed by atoms with Crippen molar-refractivity contribution in [2.75, 3.05) is 6.61 Å². The third kappa shape index (κ3) is 4.05. The smallest absolute Gasteiger partial charge is 0.192 e. The van der Waals surface area contributed by atoms with Gasteiger partial charge in [-0.05, 0) is 22.2 Å². The van der Waals surface area contributed by atoms with Crippen LogP contribution in [0.5, 0.6) is 0 Å². The average molecular weight is 298 g/mol. The zero-order valence-corrected chi connectivity index (χ0v) is 11.8. The van der Waals surface area contributed by atoms with Crippen LogP contribution in [0.15, 0.2) is 10.2 Å². The van der Waals surface area contributed by atoms with Crippen LogP contribution < -0.4 is 0 Å². The molecule has 3 heteroatoms. The number of hydrogen-bond acceptors (Lipinski definition) is 1. The number of hydrogen-bond donors (Lipinski definition) is 0. The fourth-order valence-corrected chi connectivity index (χ4v) is 1.66. The standard InChI is InChI=1S/C9H19IOSi/c1-9(2,3)12(4,5)11-8-6-7-10/h6-7H,8H2,1-5H3/b7-6-. The third-order valence-electron chi connectivity index (χ3n) is 2.44. The SMILES string of the molecule is CC(C)(C)[Si](C)(C)OC/C=C\I. The van der Waals surface area contributed by atoms with Crippen LogP contribution in [-0.4, -0.2) is 14.9 Å². The lowest BCUT2D eigenvalue weighted by molar-refractivity contribution is 0.328. The van der Waals surface area contributed by atoms with Crippen molar-refractivity contribution in [2.45, 2.75) is 38.9 Å². The van der Waals surface area contributed by atoms with E-state index < -0.39 is 8.32 Å². The van der Waals surface area contributed by atoms with Gasteiger partial charge >= 0.3 is 0 Å². The van der Waals surface area contributed by atoms with Gasteiger partial charge in [0.05, 0.1) is 6.61 Å². The van der Waals surface area contributed by atoms with E-state index in [0.717, 1.165) is 6.61 Å². The van der Waals surface area contributed by atoms with Crippen LogP contribution in [0.2, 0.25) is 18.1 Å². The van der Waals surface area contributed by atoms with Crippen molar-refractivity contribution < 1.29 is 4.43 Å². The molecule has 12 heavy (non-hydrogen) atoms. The summed E-state index contributed by atoms with van der Waals surface area (Å²) in [7, 11) is -1.50. The Kier molecular flexibility index (Phi) is 5.02. The summed E-state index contributed by atoms with van der Waals surface area (Å²) >= 11 is 2.21. The molecule has 0 aliphatic carbocycles. The normalized spacial score (nSPS) is 14.2. The summed E-state index contributed by atoms with van der Waals surface area (Å²) in [5.74, 6) is 0. The Morgan fingerprint density at radius 1 is 1.33 bits per heavy atom. The average Bonchev–Trinajstić information content (AvgIpc) is 1.85. The van der Waals surface area contributed by atoms with Crippen LogP contribution in [0.1, 0.15) is 20.8 Å². The van der Waals surface area contributed by atoms with Gasteiger partial charge in [0.25, 0.3) is 0 Å². The molecule has 0 aromatic carbocycles. The van der Waals surface area contributed by atoms with Gasteiger partial charge in [0.2, 0.25) is 0 Å². The van der Waals surface area contributed by atoms with E-state index >= 15 is 0 Å². The highest BCUT2D eigenvalue weighted by molar-refractivity contribution is 14.1. The van der Waals surface area contributed by atoms with Gasteiger partial charge in [-0.3, -0.25) is 0 Å². The van der Waals surface area contributed by atoms with Gasteiger partial charge in [-0.1, -0.05) is 49.4 Å². The Morgan fingerprint density at radius 3 is 2.17 bits per heavy atom. The molecule has 1 nitrogen and oxygen atoms in total. The zero-order chi connectivity index (χ0) is 9.83. The van der Waals surface area contributed by atoms with Crippen LogP contribution in [0, 0.1) is 0 Å². The molecule has 0 amide bonds. The quantitative estimate of drug-likeness (QED) is 0.566. The van der Waals surface area contributed by atoms with Crippen molar-refractivity contribution in [3.63, 3.8) is 0 Å². The maximum Gasteiger partial charge on any atom is 0.192 e. The van der Waals surface area contributed by atoms with Crippen molar-refractivity contribution in [1.82, 2.24) is 0 Å². The molecule has 0 unspecified atom stereocenters. The van der Waals surface area contributed by atoms with Crippen LogP contribution in [0.25, 0.3) is 0 Å². The van der Waals surface area contributed by atoms with E-state index in [-0.39, 0.29) is 0 Å². The minimum Gasteiger partial charge on any atom is -0.413 e. The van der Waals surface area contributed by atoms with E-state index in [1.807, 2.05) is 4.08 Å². The van der Waals surface area contributed by atoms with Gasteiger partial charge in [-0.2, -0.15) is 0 Å². The Hall–Kier alpha value is 0.647. The van der Waals surface area contributed by atoms with Crippen LogP contribution in [-0.2, 0) is 4.43 Å². The fourth-order valence-electron chi connectivity index (χ4n) is 0.509. The molecule has 0 saturated heterocycles. The number of halogens is 1. The van der Waals surface area contributed by atoms with Crippen molar-refractivity contribution >= 4 is 30.9 Å². The van der Waals surface area contributed by atoms with Crippen LogP contribution in [0.4, 0.5) is 0 Å². The van der Waals surface area contributed by atoms with Crippen molar-refractivity contribution in [1.29, 1.82) is 0 Å². The predicted octanol–water partition coefficient (Wildman–Crippen LogP) is 3.96. The molecule has 0 aromatic heterocycles. The second kappa shape index (κ2) is 4.76. The van der Waals surface area contributed by atoms with E-state index in [1.54, 1.807) is 0 Å². The van der Waals surface area contributed by atoms with Crippen LogP contribution >= 0.6 is 22.6 Å². The molecule has 0 bridgehead atoms. The Balaban J connectivity index is 4.05. The van der Waals surface area contributed by atoms with E-state index in [9.17, 15) is 0 Å². The minimum absolute atomic E-state index is 0.326. The first kappa shape index (κ1) is 12.6. The van der Waals surface area contributed by atoms with Crippen molar-refractivity contribution in [3.05, 3.63) is 10.2 Å². The topological polar surface area (TPSA) is 9.23 Å². The molecule has 0 spiro atoms. The van der Waals surface area contributed by atoms with Gasteiger partial charge in [-0.25, -0.2) is 0 Å². The lowest BCUT2D eigenvalue weighted by Gasteiger charge is -2.35. The molecule has 0 fully saturated rings. The maximum atomic E-state index is 5.88. The highest BCUT2D eigenvalue weighted by Crippen LogP contribution is 2.36. The number of rotatable bonds is 3. The van der Waals surface area contributed by atoms with Gasteiger partial charge in [0.15, 0.2) is 8.32 Å². The molecule has 0 saturated carbocycles. The molecule has 0 N–H and O–H groups in total. The predicted molar refractivity (Wildman–Crippen MR) is 66.3 cm³/mol. The summed E-state index contributed by atoms with van der Waals surface area (Å²) in [6, 6.07) is 0. The second-order valence-electron chi connectivity index (χ2n) is 4.43. The van der Waals surface area contributed by atoms with E-state index in [4.69, 9.17) is 4.43 Å². The molecular weight excluding hydrogens is 279 g/mol. The molecule has 0 aliphatic heterocycles. The molecule has 0 radical (unpaired) electrons. The monoisotopic (exact) mass is 298 g/mol. The highest BCUT2D eigenvalue weighted by atomic mass is 127. The third-order valence-corrected chi connectivity index (χ3v) is 7.44. The lowest BCUT2D eigenvalue weighted by Crippen LogP contribution is -2.40. The van der Waals surface area contributed by atoms with Crippen molar-refractivity contribution in [3.8, 4) is 0 Å². The fraction of sp³-hybridized carbons (Fsp3) is 0.778. The first-order valence-electron chi connectivity index (χ1n) is 4.20. The zero-order valence-electron chi connectivity index (χ0n) is 8.65. The van der Waals surface area contributed by atoms with Gasteiger partial charge in [0, 0.05) is 0 Å². The van der Waals surface area contributed by atoms with Crippen molar-refractivity contribution in [2.24, 2.45) is 0 Å². The van der Waals surface area contributed by atoms with E-state index in [0.29, 0.717) is 5.04 Å². The summed E-state index contributed by atoms with van der Waals surface area (Å²) < 4.78 is 7.89. The van der Waals surface area contributed by atoms with E-state index in [2.05, 4.69) is 62.5 Å². The summed E-state index contributed by atoms with van der Waals surface area (Å²) in [4.78, 5) is 0. The summed E-state index contributed by atoms with van der Waals surface area (Å²) in [6.45, 7) is 12.1. The summed E-state index contributed by atoms with van der Waals surface area (Å²) in [6.07, 6.45) is 2.06. The van der Waals surface area contributed by atoms with E-state index in [1.165, 1.54) is 0 Å². The summed E-state index contributed by atoms with van der Waals surface area (Å²) in [5.41, 5.74) is 0. The Morgan fingerprint density at radius 2 is 1.83 bits per heavy atom. The van der Waals surface area contributed by atoms with Crippen LogP contribution in [0.3, 0.4) is 0 Å². The Labute approximate surface area is 90.8 Å².